The number of hydrogen-bond acceptors (Lipinski definition) is 6. The van der Waals surface area contributed by atoms with E-state index in [-0.39, 0.29) is 28.3 Å². The van der Waals surface area contributed by atoms with Gasteiger partial charge in [0, 0.05) is 10.9 Å². The van der Waals surface area contributed by atoms with Crippen molar-refractivity contribution in [3.8, 4) is 17.1 Å². The van der Waals surface area contributed by atoms with Crippen molar-refractivity contribution in [2.45, 2.75) is 50.5 Å². The van der Waals surface area contributed by atoms with E-state index in [2.05, 4.69) is 24.0 Å². The van der Waals surface area contributed by atoms with E-state index < -0.39 is 10.0 Å². The summed E-state index contributed by atoms with van der Waals surface area (Å²) in [4.78, 5) is 4.74. The molecule has 1 aliphatic rings. The average molecular weight is 462 g/mol. The molecular formula is C22H24ClN3O4S. The van der Waals surface area contributed by atoms with Crippen LogP contribution < -0.4 is 9.88 Å². The highest BCUT2D eigenvalue weighted by Gasteiger charge is 2.62. The van der Waals surface area contributed by atoms with Crippen molar-refractivity contribution in [2.75, 3.05) is 0 Å². The van der Waals surface area contributed by atoms with Gasteiger partial charge in [-0.25, -0.2) is 13.6 Å². The Hall–Kier alpha value is -2.42. The number of aromatic nitrogens is 2. The maximum absolute atomic E-state index is 11.5. The van der Waals surface area contributed by atoms with E-state index in [0.717, 1.165) is 5.56 Å². The number of halogens is 1. The van der Waals surface area contributed by atoms with E-state index in [1.54, 1.807) is 30.3 Å². The highest BCUT2D eigenvalue weighted by molar-refractivity contribution is 7.89. The Labute approximate surface area is 186 Å². The van der Waals surface area contributed by atoms with Gasteiger partial charge in [0.05, 0.1) is 22.5 Å². The largest absolute Gasteiger partial charge is 0.490 e. The van der Waals surface area contributed by atoms with E-state index >= 15 is 0 Å². The topological polar surface area (TPSA) is 108 Å². The maximum atomic E-state index is 11.5. The van der Waals surface area contributed by atoms with Crippen molar-refractivity contribution in [1.82, 2.24) is 10.1 Å². The summed E-state index contributed by atoms with van der Waals surface area (Å²) < 4.78 is 34.5. The minimum absolute atomic E-state index is 0.00253. The first-order valence-corrected chi connectivity index (χ1v) is 11.8. The molecule has 2 atom stereocenters. The normalized spacial score (nSPS) is 20.1. The molecule has 2 N–H and O–H groups in total. The van der Waals surface area contributed by atoms with Crippen molar-refractivity contribution in [3.63, 3.8) is 0 Å². The third-order valence-corrected chi connectivity index (χ3v) is 6.81. The van der Waals surface area contributed by atoms with Crippen LogP contribution in [0.1, 0.15) is 51.0 Å². The number of rotatable bonds is 6. The summed E-state index contributed by atoms with van der Waals surface area (Å²) in [5.74, 6) is 1.69. The first-order valence-electron chi connectivity index (χ1n) is 9.91. The summed E-state index contributed by atoms with van der Waals surface area (Å²) in [7, 11) is -3.73. The molecule has 3 aromatic rings. The fourth-order valence-electron chi connectivity index (χ4n) is 4.09. The molecule has 2 aromatic carbocycles. The zero-order valence-electron chi connectivity index (χ0n) is 17.7. The van der Waals surface area contributed by atoms with Crippen LogP contribution in [0, 0.1) is 5.41 Å². The highest BCUT2D eigenvalue weighted by atomic mass is 35.5. The SMILES string of the molecule is CC(C)Oc1ccc(Cl)cc1-c1noc([C@@H]2[C@@H](c3ccc(S(N)(=O)=O)cc3)C2(C)C)n1. The Kier molecular flexibility index (Phi) is 5.36. The van der Waals surface area contributed by atoms with Crippen LogP contribution in [0.4, 0.5) is 0 Å². The van der Waals surface area contributed by atoms with Crippen molar-refractivity contribution < 1.29 is 17.7 Å². The molecule has 0 bridgehead atoms. The van der Waals surface area contributed by atoms with Gasteiger partial charge in [-0.15, -0.1) is 0 Å². The van der Waals surface area contributed by atoms with Crippen LogP contribution in [-0.4, -0.2) is 24.7 Å². The van der Waals surface area contributed by atoms with E-state index in [0.29, 0.717) is 28.1 Å². The second kappa shape index (κ2) is 7.62. The van der Waals surface area contributed by atoms with Gasteiger partial charge in [0.2, 0.25) is 21.7 Å². The smallest absolute Gasteiger partial charge is 0.238 e. The summed E-state index contributed by atoms with van der Waals surface area (Å²) in [6.07, 6.45) is -0.0154. The lowest BCUT2D eigenvalue weighted by Crippen LogP contribution is -2.11. The number of sulfonamides is 1. The summed E-state index contributed by atoms with van der Waals surface area (Å²) in [5.41, 5.74) is 1.54. The third kappa shape index (κ3) is 4.20. The molecule has 0 aliphatic heterocycles. The molecule has 9 heteroatoms. The first-order chi connectivity index (χ1) is 14.5. The summed E-state index contributed by atoms with van der Waals surface area (Å²) in [6.45, 7) is 8.12. The first kappa shape index (κ1) is 21.8. The standard InChI is InChI=1S/C22H24ClN3O4S/c1-12(2)29-17-10-7-14(23)11-16(17)20-25-21(30-26-20)19-18(22(19,3)4)13-5-8-15(9-6-13)31(24,27)28/h5-12,18-19H,1-4H3,(H2,24,27,28)/t18-,19+/m1/s1. The molecular weight excluding hydrogens is 438 g/mol. The summed E-state index contributed by atoms with van der Waals surface area (Å²) >= 11 is 6.18. The fraction of sp³-hybridized carbons (Fsp3) is 0.364. The number of primary sulfonamides is 1. The molecule has 1 saturated carbocycles. The molecule has 1 heterocycles. The van der Waals surface area contributed by atoms with Crippen LogP contribution in [0.15, 0.2) is 51.9 Å². The Morgan fingerprint density at radius 2 is 1.81 bits per heavy atom. The summed E-state index contributed by atoms with van der Waals surface area (Å²) in [6, 6.07) is 11.9. The van der Waals surface area contributed by atoms with E-state index in [1.165, 1.54) is 12.1 Å². The number of hydrogen-bond donors (Lipinski definition) is 1. The summed E-state index contributed by atoms with van der Waals surface area (Å²) in [5, 5.41) is 9.93. The minimum atomic E-state index is -3.73. The molecule has 1 aliphatic carbocycles. The predicted molar refractivity (Wildman–Crippen MR) is 118 cm³/mol. The second-order valence-electron chi connectivity index (χ2n) is 8.65. The monoisotopic (exact) mass is 461 g/mol. The molecule has 0 unspecified atom stereocenters. The lowest BCUT2D eigenvalue weighted by Gasteiger charge is -2.12. The van der Waals surface area contributed by atoms with Gasteiger partial charge in [-0.2, -0.15) is 4.98 Å². The Bertz CT molecular complexity index is 1220. The van der Waals surface area contributed by atoms with Crippen molar-refractivity contribution in [3.05, 3.63) is 58.9 Å². The average Bonchev–Trinajstić information content (AvgIpc) is 3.00. The van der Waals surface area contributed by atoms with Crippen molar-refractivity contribution >= 4 is 21.6 Å². The van der Waals surface area contributed by atoms with Gasteiger partial charge >= 0.3 is 0 Å². The quantitative estimate of drug-likeness (QED) is 0.568. The van der Waals surface area contributed by atoms with E-state index in [9.17, 15) is 8.42 Å². The number of nitrogens with two attached hydrogens (primary N) is 1. The van der Waals surface area contributed by atoms with Gasteiger partial charge in [-0.3, -0.25) is 0 Å². The number of benzene rings is 2. The molecule has 164 valence electrons. The molecule has 4 rings (SSSR count). The molecule has 0 radical (unpaired) electrons. The van der Waals surface area contributed by atoms with Gasteiger partial charge < -0.3 is 9.26 Å². The molecule has 0 spiro atoms. The number of ether oxygens (including phenoxy) is 1. The Morgan fingerprint density at radius 3 is 2.42 bits per heavy atom. The van der Waals surface area contributed by atoms with Gasteiger partial charge in [-0.1, -0.05) is 42.7 Å². The van der Waals surface area contributed by atoms with Gasteiger partial charge in [0.1, 0.15) is 5.75 Å². The second-order valence-corrected chi connectivity index (χ2v) is 10.7. The van der Waals surface area contributed by atoms with Crippen molar-refractivity contribution in [1.29, 1.82) is 0 Å². The molecule has 1 aromatic heterocycles. The molecule has 0 saturated heterocycles. The minimum Gasteiger partial charge on any atom is -0.490 e. The van der Waals surface area contributed by atoms with E-state index in [4.69, 9.17) is 26.0 Å². The fourth-order valence-corrected chi connectivity index (χ4v) is 4.78. The van der Waals surface area contributed by atoms with E-state index in [1.807, 2.05) is 13.8 Å². The van der Waals surface area contributed by atoms with Crippen LogP contribution in [0.5, 0.6) is 5.75 Å². The van der Waals surface area contributed by atoms with Crippen LogP contribution in [0.3, 0.4) is 0 Å². The van der Waals surface area contributed by atoms with Crippen LogP contribution in [0.2, 0.25) is 5.02 Å². The zero-order valence-corrected chi connectivity index (χ0v) is 19.2. The van der Waals surface area contributed by atoms with Crippen molar-refractivity contribution in [2.24, 2.45) is 10.6 Å². The predicted octanol–water partition coefficient (Wildman–Crippen LogP) is 4.73. The van der Waals surface area contributed by atoms with Crippen LogP contribution in [0.25, 0.3) is 11.4 Å². The molecule has 0 amide bonds. The lowest BCUT2D eigenvalue weighted by molar-refractivity contribution is 0.243. The van der Waals surface area contributed by atoms with Gasteiger partial charge in [0.15, 0.2) is 0 Å². The van der Waals surface area contributed by atoms with Gasteiger partial charge in [0.25, 0.3) is 0 Å². The molecule has 7 nitrogen and oxygen atoms in total. The number of nitrogens with zero attached hydrogens (tertiary/aromatic N) is 2. The Balaban J connectivity index is 1.64. The van der Waals surface area contributed by atoms with Crippen LogP contribution >= 0.6 is 11.6 Å². The lowest BCUT2D eigenvalue weighted by atomic mass is 10.0. The van der Waals surface area contributed by atoms with Crippen LogP contribution in [-0.2, 0) is 10.0 Å². The van der Waals surface area contributed by atoms with Gasteiger partial charge in [-0.05, 0) is 55.2 Å². The zero-order chi connectivity index (χ0) is 22.6. The maximum Gasteiger partial charge on any atom is 0.238 e. The Morgan fingerprint density at radius 1 is 1.13 bits per heavy atom. The highest BCUT2D eigenvalue weighted by Crippen LogP contribution is 2.69. The molecule has 1 fully saturated rings. The molecule has 31 heavy (non-hydrogen) atoms. The third-order valence-electron chi connectivity index (χ3n) is 5.65.